The van der Waals surface area contributed by atoms with Crippen LogP contribution in [0.25, 0.3) is 16.8 Å². The minimum Gasteiger partial charge on any atom is -0.232 e. The zero-order valence-electron chi connectivity index (χ0n) is 13.9. The van der Waals surface area contributed by atoms with Gasteiger partial charge in [-0.25, -0.2) is 4.39 Å². The third-order valence-corrected chi connectivity index (χ3v) is 4.74. The molecule has 3 rings (SSSR count). The first kappa shape index (κ1) is 16.5. The van der Waals surface area contributed by atoms with E-state index in [4.69, 9.17) is 0 Å². The van der Waals surface area contributed by atoms with Gasteiger partial charge in [-0.2, -0.15) is 13.3 Å². The van der Waals surface area contributed by atoms with Gasteiger partial charge in [0.1, 0.15) is 0 Å². The van der Waals surface area contributed by atoms with E-state index >= 15 is 0 Å². The maximum absolute atomic E-state index is 14.4. The minimum atomic E-state index is -3.55. The van der Waals surface area contributed by atoms with Crippen molar-refractivity contribution in [3.63, 3.8) is 0 Å². The predicted octanol–water partition coefficient (Wildman–Crippen LogP) is 5.11. The van der Waals surface area contributed by atoms with E-state index in [0.29, 0.717) is 0 Å². The number of nitrogens with zero attached hydrogens (tertiary/aromatic N) is 1. The first-order valence-electron chi connectivity index (χ1n) is 7.73. The number of halogens is 3. The van der Waals surface area contributed by atoms with Crippen molar-refractivity contribution >= 4 is 5.70 Å². The van der Waals surface area contributed by atoms with Crippen molar-refractivity contribution in [1.29, 1.82) is 0 Å². The molecule has 0 N–H and O–H groups in total. The smallest absolute Gasteiger partial charge is 0.232 e. The lowest BCUT2D eigenvalue weighted by atomic mass is 9.97. The van der Waals surface area contributed by atoms with E-state index in [1.54, 1.807) is 12.4 Å². The molecule has 124 valence electrons. The van der Waals surface area contributed by atoms with Crippen molar-refractivity contribution in [2.75, 3.05) is 0 Å². The normalized spacial score (nSPS) is 23.0. The number of hydrogen-bond donors (Lipinski definition) is 0. The molecule has 4 heteroatoms. The lowest BCUT2D eigenvalue weighted by molar-refractivity contribution is -0.579. The average molecular weight is 330 g/mol. The van der Waals surface area contributed by atoms with Crippen LogP contribution in [0.15, 0.2) is 66.5 Å². The summed E-state index contributed by atoms with van der Waals surface area (Å²) in [7, 11) is 0. The molecule has 1 atom stereocenters. The summed E-state index contributed by atoms with van der Waals surface area (Å²) >= 11 is 0. The molecule has 0 bridgehead atoms. The van der Waals surface area contributed by atoms with Crippen molar-refractivity contribution in [3.8, 4) is 11.1 Å². The molecule has 1 aliphatic carbocycles. The third-order valence-electron chi connectivity index (χ3n) is 4.74. The Morgan fingerprint density at radius 3 is 1.83 bits per heavy atom. The standard InChI is InChI=1S/C20H19F3N/c1-13-5-7-16(8-6-13)17-9-11-24(12-10-17)18-14(2)19(4,21)20(22,23)15(18)3/h5-12H,2H2,1,3-4H3/q+1. The number of rotatable bonds is 2. The molecule has 1 heterocycles. The molecule has 0 spiro atoms. The van der Waals surface area contributed by atoms with Gasteiger partial charge in [0.25, 0.3) is 0 Å². The van der Waals surface area contributed by atoms with Gasteiger partial charge in [0.05, 0.1) is 11.1 Å². The second-order valence-electron chi connectivity index (χ2n) is 6.39. The Hall–Kier alpha value is -2.36. The maximum atomic E-state index is 14.4. The summed E-state index contributed by atoms with van der Waals surface area (Å²) in [6, 6.07) is 11.7. The van der Waals surface area contributed by atoms with E-state index in [0.717, 1.165) is 23.6 Å². The summed E-state index contributed by atoms with van der Waals surface area (Å²) in [4.78, 5) is 0. The molecule has 1 unspecified atom stereocenters. The van der Waals surface area contributed by atoms with Gasteiger partial charge in [0, 0.05) is 12.1 Å². The van der Waals surface area contributed by atoms with Crippen LogP contribution in [0.4, 0.5) is 13.2 Å². The molecule has 0 fully saturated rings. The minimum absolute atomic E-state index is 0.139. The van der Waals surface area contributed by atoms with E-state index in [2.05, 4.69) is 6.58 Å². The Kier molecular flexibility index (Phi) is 3.67. The highest BCUT2D eigenvalue weighted by molar-refractivity contribution is 5.71. The molecule has 1 aliphatic rings. The highest BCUT2D eigenvalue weighted by Crippen LogP contribution is 2.52. The maximum Gasteiger partial charge on any atom is 0.313 e. The van der Waals surface area contributed by atoms with Crippen LogP contribution in [-0.4, -0.2) is 11.6 Å². The molecule has 0 amide bonds. The molecular weight excluding hydrogens is 311 g/mol. The second kappa shape index (κ2) is 5.33. The van der Waals surface area contributed by atoms with Gasteiger partial charge >= 0.3 is 5.92 Å². The zero-order valence-corrected chi connectivity index (χ0v) is 13.9. The van der Waals surface area contributed by atoms with Gasteiger partial charge < -0.3 is 0 Å². The molecule has 0 saturated carbocycles. The second-order valence-corrected chi connectivity index (χ2v) is 6.39. The van der Waals surface area contributed by atoms with Gasteiger partial charge in [0.15, 0.2) is 12.4 Å². The van der Waals surface area contributed by atoms with Crippen LogP contribution in [0.2, 0.25) is 0 Å². The number of alkyl halides is 3. The molecule has 24 heavy (non-hydrogen) atoms. The SMILES string of the molecule is C=C1C([n+]2ccc(-c3ccc(C)cc3)cc2)=C(C)C(F)(F)C1(C)F. The van der Waals surface area contributed by atoms with Crippen LogP contribution in [0, 0.1) is 6.92 Å². The van der Waals surface area contributed by atoms with Crippen LogP contribution in [0.1, 0.15) is 19.4 Å². The summed E-state index contributed by atoms with van der Waals surface area (Å²) in [5.41, 5.74) is 0.0308. The number of aryl methyl sites for hydroxylation is 1. The molecule has 0 aliphatic heterocycles. The van der Waals surface area contributed by atoms with Crippen molar-refractivity contribution in [1.82, 2.24) is 0 Å². The summed E-state index contributed by atoms with van der Waals surface area (Å²) in [6.45, 7) is 7.72. The average Bonchev–Trinajstić information content (AvgIpc) is 2.66. The van der Waals surface area contributed by atoms with Gasteiger partial charge in [-0.1, -0.05) is 36.4 Å². The van der Waals surface area contributed by atoms with Gasteiger partial charge in [0.2, 0.25) is 11.4 Å². The number of hydrogen-bond acceptors (Lipinski definition) is 0. The zero-order chi connectivity index (χ0) is 17.7. The molecular formula is C20H19F3N+. The lowest BCUT2D eigenvalue weighted by Gasteiger charge is -2.23. The fraction of sp³-hybridized carbons (Fsp3) is 0.250. The Morgan fingerprint density at radius 2 is 1.38 bits per heavy atom. The Bertz CT molecular complexity index is 828. The van der Waals surface area contributed by atoms with Crippen LogP contribution in [-0.2, 0) is 0 Å². The Morgan fingerprint density at radius 1 is 0.875 bits per heavy atom. The number of aromatic nitrogens is 1. The quantitative estimate of drug-likeness (QED) is 0.673. The molecule has 0 saturated heterocycles. The van der Waals surface area contributed by atoms with Gasteiger partial charge in [-0.05, 0) is 31.9 Å². The first-order valence-corrected chi connectivity index (χ1v) is 7.73. The fourth-order valence-electron chi connectivity index (χ4n) is 3.00. The predicted molar refractivity (Wildman–Crippen MR) is 89.3 cm³/mol. The van der Waals surface area contributed by atoms with Crippen LogP contribution >= 0.6 is 0 Å². The van der Waals surface area contributed by atoms with E-state index in [1.807, 2.05) is 43.3 Å². The van der Waals surface area contributed by atoms with Crippen LogP contribution in [0.5, 0.6) is 0 Å². The highest BCUT2D eigenvalue weighted by atomic mass is 19.3. The molecule has 1 aromatic heterocycles. The lowest BCUT2D eigenvalue weighted by Crippen LogP contribution is -2.39. The van der Waals surface area contributed by atoms with Gasteiger partial charge in [-0.15, -0.1) is 0 Å². The van der Waals surface area contributed by atoms with E-state index in [9.17, 15) is 13.2 Å². The van der Waals surface area contributed by atoms with Gasteiger partial charge in [-0.3, -0.25) is 0 Å². The molecule has 0 radical (unpaired) electrons. The van der Waals surface area contributed by atoms with Crippen molar-refractivity contribution in [2.45, 2.75) is 32.4 Å². The van der Waals surface area contributed by atoms with Crippen LogP contribution < -0.4 is 4.57 Å². The van der Waals surface area contributed by atoms with E-state index in [-0.39, 0.29) is 16.8 Å². The van der Waals surface area contributed by atoms with Crippen LogP contribution in [0.3, 0.4) is 0 Å². The largest absolute Gasteiger partial charge is 0.313 e. The van der Waals surface area contributed by atoms with E-state index < -0.39 is 11.6 Å². The number of pyridine rings is 1. The van der Waals surface area contributed by atoms with Crippen molar-refractivity contribution in [2.24, 2.45) is 0 Å². The Balaban J connectivity index is 2.01. The van der Waals surface area contributed by atoms with Crippen molar-refractivity contribution < 1.29 is 17.7 Å². The fourth-order valence-corrected chi connectivity index (χ4v) is 3.00. The molecule has 2 aromatic rings. The van der Waals surface area contributed by atoms with Crippen molar-refractivity contribution in [3.05, 3.63) is 72.1 Å². The molecule has 1 nitrogen and oxygen atoms in total. The summed E-state index contributed by atoms with van der Waals surface area (Å²) in [6.07, 6.45) is 3.33. The topological polar surface area (TPSA) is 3.88 Å². The summed E-state index contributed by atoms with van der Waals surface area (Å²) < 4.78 is 44.3. The number of benzene rings is 1. The highest BCUT2D eigenvalue weighted by Gasteiger charge is 2.64. The summed E-state index contributed by atoms with van der Waals surface area (Å²) in [5.74, 6) is -3.55. The monoisotopic (exact) mass is 330 g/mol. The third kappa shape index (κ3) is 2.29. The van der Waals surface area contributed by atoms with E-state index in [1.165, 1.54) is 11.5 Å². The number of allylic oxidation sites excluding steroid dienone is 3. The summed E-state index contributed by atoms with van der Waals surface area (Å²) in [5, 5.41) is 0. The molecule has 1 aromatic carbocycles. The first-order chi connectivity index (χ1) is 11.2. The Labute approximate surface area is 139 Å².